The first-order valence-corrected chi connectivity index (χ1v) is 5.62. The molecule has 19 heavy (non-hydrogen) atoms. The van der Waals surface area contributed by atoms with Crippen molar-refractivity contribution in [3.8, 4) is 0 Å². The van der Waals surface area contributed by atoms with E-state index in [0.29, 0.717) is 0 Å². The second kappa shape index (κ2) is 4.32. The molecule has 104 valence electrons. The molecule has 0 amide bonds. The molecule has 3 N–H and O–H groups in total. The van der Waals surface area contributed by atoms with Crippen molar-refractivity contribution in [2.24, 2.45) is 0 Å². The lowest BCUT2D eigenvalue weighted by molar-refractivity contribution is -0.151. The van der Waals surface area contributed by atoms with Crippen LogP contribution in [-0.4, -0.2) is 24.8 Å². The summed E-state index contributed by atoms with van der Waals surface area (Å²) in [6.07, 6.45) is -4.35. The zero-order valence-electron chi connectivity index (χ0n) is 10.2. The number of esters is 1. The lowest BCUT2D eigenvalue weighted by atomic mass is 10.1. The predicted octanol–water partition coefficient (Wildman–Crippen LogP) is 2.56. The zero-order chi connectivity index (χ0) is 14.3. The Bertz CT molecular complexity index is 510. The number of rotatable bonds is 3. The van der Waals surface area contributed by atoms with E-state index in [2.05, 4.69) is 10.1 Å². The average Bonchev–Trinajstić information content (AvgIpc) is 3.11. The van der Waals surface area contributed by atoms with Gasteiger partial charge in [0.2, 0.25) is 0 Å². The van der Waals surface area contributed by atoms with Crippen molar-refractivity contribution in [3.05, 3.63) is 23.8 Å². The van der Waals surface area contributed by atoms with E-state index in [-0.39, 0.29) is 29.8 Å². The molecule has 1 fully saturated rings. The SMILES string of the molecule is COC(=O)c1cccc(NC2(C(F)(F)F)CC2)c1N. The number of methoxy groups -OCH3 is 1. The molecule has 0 atom stereocenters. The van der Waals surface area contributed by atoms with Crippen molar-refractivity contribution < 1.29 is 22.7 Å². The Morgan fingerprint density at radius 3 is 2.53 bits per heavy atom. The topological polar surface area (TPSA) is 64.3 Å². The molecule has 2 rings (SSSR count). The van der Waals surface area contributed by atoms with Crippen LogP contribution in [0.1, 0.15) is 23.2 Å². The number of carbonyl (C=O) groups is 1. The molecule has 0 aliphatic heterocycles. The van der Waals surface area contributed by atoms with Crippen LogP contribution < -0.4 is 11.1 Å². The van der Waals surface area contributed by atoms with Gasteiger partial charge in [0, 0.05) is 0 Å². The normalized spacial score (nSPS) is 16.8. The number of halogens is 3. The van der Waals surface area contributed by atoms with Crippen LogP contribution in [0.15, 0.2) is 18.2 Å². The molecule has 1 aliphatic rings. The third kappa shape index (κ3) is 2.32. The zero-order valence-corrected chi connectivity index (χ0v) is 10.2. The van der Waals surface area contributed by atoms with Gasteiger partial charge in [-0.2, -0.15) is 13.2 Å². The number of alkyl halides is 3. The van der Waals surface area contributed by atoms with Gasteiger partial charge in [0.1, 0.15) is 5.54 Å². The van der Waals surface area contributed by atoms with Gasteiger partial charge in [-0.25, -0.2) is 4.79 Å². The van der Waals surface area contributed by atoms with Gasteiger partial charge in [-0.05, 0) is 25.0 Å². The number of nitrogens with two attached hydrogens (primary N) is 1. The van der Waals surface area contributed by atoms with Gasteiger partial charge in [-0.15, -0.1) is 0 Å². The van der Waals surface area contributed by atoms with Crippen molar-refractivity contribution in [1.29, 1.82) is 0 Å². The van der Waals surface area contributed by atoms with Gasteiger partial charge < -0.3 is 15.8 Å². The lowest BCUT2D eigenvalue weighted by Gasteiger charge is -2.23. The van der Waals surface area contributed by atoms with Crippen molar-refractivity contribution in [2.75, 3.05) is 18.2 Å². The van der Waals surface area contributed by atoms with E-state index in [1.807, 2.05) is 0 Å². The highest BCUT2D eigenvalue weighted by Crippen LogP contribution is 2.51. The molecular weight excluding hydrogens is 261 g/mol. The minimum atomic E-state index is -4.35. The van der Waals surface area contributed by atoms with Gasteiger partial charge in [0.25, 0.3) is 0 Å². The highest BCUT2D eigenvalue weighted by Gasteiger charge is 2.63. The molecule has 7 heteroatoms. The second-order valence-electron chi connectivity index (χ2n) is 4.46. The van der Waals surface area contributed by atoms with Gasteiger partial charge in [0.05, 0.1) is 24.0 Å². The number of nitrogens with one attached hydrogen (secondary N) is 1. The number of hydrogen-bond acceptors (Lipinski definition) is 4. The standard InChI is InChI=1S/C12H13F3N2O2/c1-19-10(18)7-3-2-4-8(9(7)16)17-11(5-6-11)12(13,14)15/h2-4,17H,5-6,16H2,1H3. The van der Waals surface area contributed by atoms with Crippen LogP contribution in [0.3, 0.4) is 0 Å². The molecule has 0 saturated heterocycles. The first-order valence-electron chi connectivity index (χ1n) is 5.62. The molecule has 1 saturated carbocycles. The number of carbonyl (C=O) groups excluding carboxylic acids is 1. The third-order valence-corrected chi connectivity index (χ3v) is 3.18. The van der Waals surface area contributed by atoms with Crippen LogP contribution in [0.25, 0.3) is 0 Å². The van der Waals surface area contributed by atoms with Crippen LogP contribution in [0.4, 0.5) is 24.5 Å². The Hall–Kier alpha value is -1.92. The quantitative estimate of drug-likeness (QED) is 0.656. The molecule has 0 heterocycles. The Morgan fingerprint density at radius 1 is 1.42 bits per heavy atom. The Morgan fingerprint density at radius 2 is 2.05 bits per heavy atom. The second-order valence-corrected chi connectivity index (χ2v) is 4.46. The minimum Gasteiger partial charge on any atom is -0.465 e. The van der Waals surface area contributed by atoms with Crippen molar-refractivity contribution in [3.63, 3.8) is 0 Å². The molecule has 1 aromatic rings. The van der Waals surface area contributed by atoms with Gasteiger partial charge in [-0.3, -0.25) is 0 Å². The highest BCUT2D eigenvalue weighted by molar-refractivity contribution is 5.98. The van der Waals surface area contributed by atoms with E-state index >= 15 is 0 Å². The summed E-state index contributed by atoms with van der Waals surface area (Å²) < 4.78 is 43.0. The summed E-state index contributed by atoms with van der Waals surface area (Å²) in [7, 11) is 1.18. The Kier molecular flexibility index (Phi) is 3.07. The summed E-state index contributed by atoms with van der Waals surface area (Å²) in [5, 5.41) is 2.40. The molecule has 1 aromatic carbocycles. The molecule has 0 radical (unpaired) electrons. The molecular formula is C12H13F3N2O2. The van der Waals surface area contributed by atoms with Gasteiger partial charge in [0.15, 0.2) is 0 Å². The maximum Gasteiger partial charge on any atom is 0.411 e. The average molecular weight is 274 g/mol. The van der Waals surface area contributed by atoms with E-state index in [0.717, 1.165) is 0 Å². The van der Waals surface area contributed by atoms with Crippen LogP contribution >= 0.6 is 0 Å². The molecule has 4 nitrogen and oxygen atoms in total. The smallest absolute Gasteiger partial charge is 0.411 e. The van der Waals surface area contributed by atoms with Crippen LogP contribution in [-0.2, 0) is 4.74 Å². The maximum atomic E-state index is 12.8. The van der Waals surface area contributed by atoms with Crippen LogP contribution in [0.5, 0.6) is 0 Å². The molecule has 0 spiro atoms. The summed E-state index contributed by atoms with van der Waals surface area (Å²) in [4.78, 5) is 11.4. The fourth-order valence-corrected chi connectivity index (χ4v) is 1.82. The van der Waals surface area contributed by atoms with Crippen molar-refractivity contribution >= 4 is 17.3 Å². The lowest BCUT2D eigenvalue weighted by Crippen LogP contribution is -2.38. The number of nitrogen functional groups attached to an aromatic ring is 1. The minimum absolute atomic E-state index is 0.00160. The summed E-state index contributed by atoms with van der Waals surface area (Å²) in [5.74, 6) is -0.682. The van der Waals surface area contributed by atoms with E-state index in [1.165, 1.54) is 25.3 Å². The number of benzene rings is 1. The van der Waals surface area contributed by atoms with E-state index in [1.54, 1.807) is 0 Å². The monoisotopic (exact) mass is 274 g/mol. The molecule has 0 aromatic heterocycles. The van der Waals surface area contributed by atoms with Crippen LogP contribution in [0, 0.1) is 0 Å². The van der Waals surface area contributed by atoms with Crippen LogP contribution in [0.2, 0.25) is 0 Å². The summed E-state index contributed by atoms with van der Waals surface area (Å²) in [6, 6.07) is 4.27. The Balaban J connectivity index is 2.30. The first kappa shape index (κ1) is 13.5. The fourth-order valence-electron chi connectivity index (χ4n) is 1.82. The Labute approximate surface area is 107 Å². The van der Waals surface area contributed by atoms with Gasteiger partial charge in [-0.1, -0.05) is 6.07 Å². The van der Waals surface area contributed by atoms with E-state index in [9.17, 15) is 18.0 Å². The summed E-state index contributed by atoms with van der Waals surface area (Å²) in [5.41, 5.74) is 3.89. The predicted molar refractivity (Wildman–Crippen MR) is 63.8 cm³/mol. The van der Waals surface area contributed by atoms with Crippen molar-refractivity contribution in [1.82, 2.24) is 0 Å². The number of ether oxygens (including phenoxy) is 1. The number of para-hydroxylation sites is 1. The van der Waals surface area contributed by atoms with Gasteiger partial charge >= 0.3 is 12.1 Å². The summed E-state index contributed by atoms with van der Waals surface area (Å²) in [6.45, 7) is 0. The maximum absolute atomic E-state index is 12.8. The summed E-state index contributed by atoms with van der Waals surface area (Å²) >= 11 is 0. The number of hydrogen-bond donors (Lipinski definition) is 2. The number of anilines is 2. The van der Waals surface area contributed by atoms with Crippen molar-refractivity contribution in [2.45, 2.75) is 24.6 Å². The van der Waals surface area contributed by atoms with E-state index < -0.39 is 17.7 Å². The third-order valence-electron chi connectivity index (χ3n) is 3.18. The molecule has 0 unspecified atom stereocenters. The molecule has 0 bridgehead atoms. The largest absolute Gasteiger partial charge is 0.465 e. The highest BCUT2D eigenvalue weighted by atomic mass is 19.4. The molecule has 1 aliphatic carbocycles. The first-order chi connectivity index (χ1) is 8.81. The fraction of sp³-hybridized carbons (Fsp3) is 0.417. The van der Waals surface area contributed by atoms with E-state index in [4.69, 9.17) is 5.73 Å².